The van der Waals surface area contributed by atoms with Gasteiger partial charge in [-0.1, -0.05) is 18.2 Å². The number of anilines is 1. The van der Waals surface area contributed by atoms with Crippen molar-refractivity contribution in [1.82, 2.24) is 9.78 Å². The Labute approximate surface area is 113 Å². The third kappa shape index (κ3) is 3.13. The van der Waals surface area contributed by atoms with E-state index in [1.807, 2.05) is 55.9 Å². The molecule has 0 spiro atoms. The van der Waals surface area contributed by atoms with E-state index in [1.165, 1.54) is 0 Å². The molecule has 1 aromatic carbocycles. The molecule has 5 nitrogen and oxygen atoms in total. The number of nitrogens with zero attached hydrogens (tertiary/aromatic N) is 3. The van der Waals surface area contributed by atoms with Crippen LogP contribution in [0.1, 0.15) is 17.0 Å². The van der Waals surface area contributed by atoms with E-state index >= 15 is 0 Å². The third-order valence-corrected chi connectivity index (χ3v) is 3.11. The fraction of sp³-hybridized carbons (Fsp3) is 0.286. The zero-order chi connectivity index (χ0) is 13.8. The van der Waals surface area contributed by atoms with Gasteiger partial charge in [0.1, 0.15) is 0 Å². The van der Waals surface area contributed by atoms with E-state index in [4.69, 9.17) is 5.73 Å². The molecule has 3 N–H and O–H groups in total. The molecule has 19 heavy (non-hydrogen) atoms. The first-order valence-corrected chi connectivity index (χ1v) is 6.19. The largest absolute Gasteiger partial charge is 0.370 e. The van der Waals surface area contributed by atoms with Crippen LogP contribution in [-0.2, 0) is 13.6 Å². The molecular weight excluding hydrogens is 238 g/mol. The average Bonchev–Trinajstić information content (AvgIpc) is 2.62. The molecule has 0 unspecified atom stereocenters. The van der Waals surface area contributed by atoms with Gasteiger partial charge in [0.05, 0.1) is 12.2 Å². The summed E-state index contributed by atoms with van der Waals surface area (Å²) in [4.78, 5) is 4.35. The second-order valence-corrected chi connectivity index (χ2v) is 4.47. The van der Waals surface area contributed by atoms with E-state index in [9.17, 15) is 0 Å². The molecule has 0 fully saturated rings. The van der Waals surface area contributed by atoms with E-state index in [-0.39, 0.29) is 0 Å². The summed E-state index contributed by atoms with van der Waals surface area (Å²) < 4.78 is 1.86. The lowest BCUT2D eigenvalue weighted by Gasteiger charge is -2.05. The molecule has 0 amide bonds. The molecule has 100 valence electrons. The number of para-hydroxylation sites is 1. The first-order valence-electron chi connectivity index (χ1n) is 6.19. The summed E-state index contributed by atoms with van der Waals surface area (Å²) in [6, 6.07) is 9.75. The number of nitrogens with one attached hydrogen (secondary N) is 1. The van der Waals surface area contributed by atoms with Gasteiger partial charge in [-0.05, 0) is 26.0 Å². The zero-order valence-electron chi connectivity index (χ0n) is 11.5. The van der Waals surface area contributed by atoms with E-state index in [1.54, 1.807) is 0 Å². The first kappa shape index (κ1) is 13.1. The average molecular weight is 257 g/mol. The lowest BCUT2D eigenvalue weighted by molar-refractivity contribution is 0.730. The number of guanidine groups is 1. The van der Waals surface area contributed by atoms with E-state index in [0.717, 1.165) is 22.6 Å². The number of benzene rings is 1. The predicted molar refractivity (Wildman–Crippen MR) is 78.1 cm³/mol. The molecule has 5 heteroatoms. The molecule has 0 aliphatic carbocycles. The smallest absolute Gasteiger partial charge is 0.193 e. The van der Waals surface area contributed by atoms with Crippen molar-refractivity contribution in [3.05, 3.63) is 47.3 Å². The fourth-order valence-corrected chi connectivity index (χ4v) is 1.92. The zero-order valence-corrected chi connectivity index (χ0v) is 11.5. The Kier molecular flexibility index (Phi) is 3.85. The van der Waals surface area contributed by atoms with Gasteiger partial charge in [0.2, 0.25) is 0 Å². The van der Waals surface area contributed by atoms with Gasteiger partial charge in [0, 0.05) is 24.0 Å². The summed E-state index contributed by atoms with van der Waals surface area (Å²) in [5.41, 5.74) is 10.0. The summed E-state index contributed by atoms with van der Waals surface area (Å²) in [6.07, 6.45) is 0. The van der Waals surface area contributed by atoms with Gasteiger partial charge < -0.3 is 11.1 Å². The predicted octanol–water partition coefficient (Wildman–Crippen LogP) is 1.96. The number of aliphatic imine (C=N–C) groups is 1. The summed E-state index contributed by atoms with van der Waals surface area (Å²) in [7, 11) is 1.93. The van der Waals surface area contributed by atoms with Crippen LogP contribution in [0.2, 0.25) is 0 Å². The van der Waals surface area contributed by atoms with Crippen molar-refractivity contribution in [2.24, 2.45) is 17.8 Å². The van der Waals surface area contributed by atoms with Crippen molar-refractivity contribution in [1.29, 1.82) is 0 Å². The van der Waals surface area contributed by atoms with Gasteiger partial charge in [-0.2, -0.15) is 5.10 Å². The second kappa shape index (κ2) is 5.56. The summed E-state index contributed by atoms with van der Waals surface area (Å²) >= 11 is 0. The number of aromatic nitrogens is 2. The highest BCUT2D eigenvalue weighted by molar-refractivity contribution is 5.92. The minimum atomic E-state index is 0.411. The topological polar surface area (TPSA) is 68.2 Å². The van der Waals surface area contributed by atoms with Crippen LogP contribution in [-0.4, -0.2) is 15.7 Å². The third-order valence-electron chi connectivity index (χ3n) is 3.11. The maximum absolute atomic E-state index is 5.87. The van der Waals surface area contributed by atoms with Crippen molar-refractivity contribution in [2.75, 3.05) is 5.32 Å². The Balaban J connectivity index is 2.06. The van der Waals surface area contributed by atoms with Crippen molar-refractivity contribution < 1.29 is 0 Å². The molecule has 0 aliphatic heterocycles. The molecule has 1 aromatic heterocycles. The van der Waals surface area contributed by atoms with Crippen molar-refractivity contribution in [2.45, 2.75) is 20.4 Å². The van der Waals surface area contributed by atoms with E-state index < -0.39 is 0 Å². The number of hydrogen-bond donors (Lipinski definition) is 2. The van der Waals surface area contributed by atoms with Gasteiger partial charge in [-0.3, -0.25) is 4.68 Å². The lowest BCUT2D eigenvalue weighted by atomic mass is 10.2. The minimum Gasteiger partial charge on any atom is -0.370 e. The van der Waals surface area contributed by atoms with Crippen LogP contribution in [0.4, 0.5) is 5.69 Å². The molecule has 0 atom stereocenters. The molecule has 0 radical (unpaired) electrons. The van der Waals surface area contributed by atoms with Crippen LogP contribution in [0.3, 0.4) is 0 Å². The second-order valence-electron chi connectivity index (χ2n) is 4.47. The highest BCUT2D eigenvalue weighted by Crippen LogP contribution is 2.13. The Morgan fingerprint density at radius 2 is 2.00 bits per heavy atom. The standard InChI is InChI=1S/C14H19N5/c1-10-13(11(2)19(3)18-10)9-16-14(15)17-12-7-5-4-6-8-12/h4-8H,9H2,1-3H3,(H3,15,16,17). The van der Waals surface area contributed by atoms with Crippen LogP contribution in [0, 0.1) is 13.8 Å². The summed E-state index contributed by atoms with van der Waals surface area (Å²) in [5, 5.41) is 7.42. The molecule has 0 aliphatic rings. The number of nitrogens with two attached hydrogens (primary N) is 1. The maximum Gasteiger partial charge on any atom is 0.193 e. The monoisotopic (exact) mass is 257 g/mol. The summed E-state index contributed by atoms with van der Waals surface area (Å²) in [5.74, 6) is 0.411. The Morgan fingerprint density at radius 3 is 2.58 bits per heavy atom. The Morgan fingerprint density at radius 1 is 1.32 bits per heavy atom. The summed E-state index contributed by atoms with van der Waals surface area (Å²) in [6.45, 7) is 4.56. The van der Waals surface area contributed by atoms with Gasteiger partial charge >= 0.3 is 0 Å². The Hall–Kier alpha value is -2.30. The highest BCUT2D eigenvalue weighted by Gasteiger charge is 2.08. The fourth-order valence-electron chi connectivity index (χ4n) is 1.92. The van der Waals surface area contributed by atoms with Crippen LogP contribution in [0.15, 0.2) is 35.3 Å². The SMILES string of the molecule is Cc1nn(C)c(C)c1CN=C(N)Nc1ccccc1. The molecule has 2 rings (SSSR count). The van der Waals surface area contributed by atoms with Crippen LogP contribution in [0.5, 0.6) is 0 Å². The highest BCUT2D eigenvalue weighted by atomic mass is 15.3. The van der Waals surface area contributed by atoms with Gasteiger partial charge in [-0.25, -0.2) is 4.99 Å². The lowest BCUT2D eigenvalue weighted by Crippen LogP contribution is -2.22. The molecule has 0 saturated carbocycles. The normalized spacial score (nSPS) is 11.6. The number of rotatable bonds is 3. The first-order chi connectivity index (χ1) is 9.08. The number of hydrogen-bond acceptors (Lipinski definition) is 2. The van der Waals surface area contributed by atoms with E-state index in [2.05, 4.69) is 15.4 Å². The molecule has 0 saturated heterocycles. The van der Waals surface area contributed by atoms with Gasteiger partial charge in [0.15, 0.2) is 5.96 Å². The maximum atomic E-state index is 5.87. The van der Waals surface area contributed by atoms with Crippen molar-refractivity contribution >= 4 is 11.6 Å². The van der Waals surface area contributed by atoms with Crippen LogP contribution in [0.25, 0.3) is 0 Å². The van der Waals surface area contributed by atoms with Crippen LogP contribution >= 0.6 is 0 Å². The number of aryl methyl sites for hydroxylation is 2. The molecular formula is C14H19N5. The van der Waals surface area contributed by atoms with Crippen molar-refractivity contribution in [3.8, 4) is 0 Å². The van der Waals surface area contributed by atoms with Crippen molar-refractivity contribution in [3.63, 3.8) is 0 Å². The molecule has 2 aromatic rings. The van der Waals surface area contributed by atoms with Crippen LogP contribution < -0.4 is 11.1 Å². The van der Waals surface area contributed by atoms with Gasteiger partial charge in [-0.15, -0.1) is 0 Å². The quantitative estimate of drug-likeness (QED) is 0.652. The van der Waals surface area contributed by atoms with E-state index in [0.29, 0.717) is 12.5 Å². The minimum absolute atomic E-state index is 0.411. The molecule has 1 heterocycles. The molecule has 0 bridgehead atoms. The Bertz CT molecular complexity index is 583. The van der Waals surface area contributed by atoms with Gasteiger partial charge in [0.25, 0.3) is 0 Å².